The summed E-state index contributed by atoms with van der Waals surface area (Å²) in [5.41, 5.74) is 1.36. The van der Waals surface area contributed by atoms with Crippen LogP contribution < -0.4 is 10.1 Å². The van der Waals surface area contributed by atoms with E-state index in [1.807, 2.05) is 11.8 Å². The number of ether oxygens (including phenoxy) is 1. The Kier molecular flexibility index (Phi) is 4.34. The van der Waals surface area contributed by atoms with Crippen molar-refractivity contribution >= 4 is 11.8 Å². The fraction of sp³-hybridized carbons (Fsp3) is 0.625. The third-order valence-electron chi connectivity index (χ3n) is 4.33. The van der Waals surface area contributed by atoms with Gasteiger partial charge in [-0.1, -0.05) is 31.0 Å². The molecule has 1 fully saturated rings. The fourth-order valence-corrected chi connectivity index (χ4v) is 4.23. The van der Waals surface area contributed by atoms with Crippen molar-refractivity contribution in [3.8, 4) is 5.75 Å². The van der Waals surface area contributed by atoms with Crippen LogP contribution in [0, 0.1) is 0 Å². The average molecular weight is 277 g/mol. The van der Waals surface area contributed by atoms with E-state index in [2.05, 4.69) is 35.8 Å². The lowest BCUT2D eigenvalue weighted by atomic mass is 9.94. The van der Waals surface area contributed by atoms with Crippen LogP contribution in [-0.2, 0) is 6.42 Å². The van der Waals surface area contributed by atoms with Crippen molar-refractivity contribution in [2.75, 3.05) is 12.8 Å². The van der Waals surface area contributed by atoms with Crippen LogP contribution in [0.2, 0.25) is 0 Å². The van der Waals surface area contributed by atoms with Gasteiger partial charge >= 0.3 is 0 Å². The summed E-state index contributed by atoms with van der Waals surface area (Å²) in [7, 11) is 0. The summed E-state index contributed by atoms with van der Waals surface area (Å²) < 4.78 is 6.00. The highest BCUT2D eigenvalue weighted by Crippen LogP contribution is 2.29. The molecule has 3 atom stereocenters. The maximum Gasteiger partial charge on any atom is 0.123 e. The van der Waals surface area contributed by atoms with Crippen LogP contribution in [0.4, 0.5) is 0 Å². The smallest absolute Gasteiger partial charge is 0.123 e. The standard InChI is InChI=1S/C16H23NOS/c1-19-16-9-5-3-7-14(16)17-11-13-10-12-6-2-4-8-15(12)18-13/h2,4,6,8,13-14,16-17H,3,5,7,9-11H2,1H3. The van der Waals surface area contributed by atoms with Gasteiger partial charge in [-0.3, -0.25) is 0 Å². The van der Waals surface area contributed by atoms with E-state index in [1.165, 1.54) is 31.2 Å². The van der Waals surface area contributed by atoms with Crippen molar-refractivity contribution in [2.24, 2.45) is 0 Å². The lowest BCUT2D eigenvalue weighted by molar-refractivity contribution is 0.215. The molecule has 0 radical (unpaired) electrons. The van der Waals surface area contributed by atoms with Crippen LogP contribution in [0.5, 0.6) is 5.75 Å². The molecule has 3 heteroatoms. The Morgan fingerprint density at radius 2 is 2.11 bits per heavy atom. The highest BCUT2D eigenvalue weighted by atomic mass is 32.2. The first kappa shape index (κ1) is 13.3. The number of hydrogen-bond acceptors (Lipinski definition) is 3. The van der Waals surface area contributed by atoms with Gasteiger partial charge in [0.15, 0.2) is 0 Å². The molecule has 1 saturated carbocycles. The van der Waals surface area contributed by atoms with E-state index in [1.54, 1.807) is 0 Å². The largest absolute Gasteiger partial charge is 0.488 e. The van der Waals surface area contributed by atoms with Crippen molar-refractivity contribution in [1.82, 2.24) is 5.32 Å². The molecule has 1 aromatic carbocycles. The number of nitrogens with one attached hydrogen (secondary N) is 1. The minimum absolute atomic E-state index is 0.321. The molecule has 1 N–H and O–H groups in total. The third kappa shape index (κ3) is 3.09. The quantitative estimate of drug-likeness (QED) is 0.913. The van der Waals surface area contributed by atoms with Gasteiger partial charge in [0.2, 0.25) is 0 Å². The Morgan fingerprint density at radius 3 is 2.95 bits per heavy atom. The lowest BCUT2D eigenvalue weighted by Crippen LogP contribution is -2.44. The molecular weight excluding hydrogens is 254 g/mol. The first-order chi connectivity index (χ1) is 9.36. The highest BCUT2D eigenvalue weighted by molar-refractivity contribution is 7.99. The summed E-state index contributed by atoms with van der Waals surface area (Å²) in [6, 6.07) is 9.10. The van der Waals surface area contributed by atoms with Crippen LogP contribution in [0.25, 0.3) is 0 Å². The van der Waals surface area contributed by atoms with E-state index in [9.17, 15) is 0 Å². The SMILES string of the molecule is CSC1CCCCC1NCC1Cc2ccccc2O1. The average Bonchev–Trinajstić information content (AvgIpc) is 2.88. The van der Waals surface area contributed by atoms with E-state index >= 15 is 0 Å². The second-order valence-corrected chi connectivity index (χ2v) is 6.70. The summed E-state index contributed by atoms with van der Waals surface area (Å²) in [6.45, 7) is 0.983. The number of fused-ring (bicyclic) bond motifs is 1. The van der Waals surface area contributed by atoms with Gasteiger partial charge in [0.1, 0.15) is 11.9 Å². The molecule has 2 nitrogen and oxygen atoms in total. The maximum absolute atomic E-state index is 6.00. The zero-order valence-electron chi connectivity index (χ0n) is 11.6. The van der Waals surface area contributed by atoms with Gasteiger partial charge in [-0.15, -0.1) is 0 Å². The first-order valence-corrected chi connectivity index (χ1v) is 8.66. The number of thioether (sulfide) groups is 1. The monoisotopic (exact) mass is 277 g/mol. The fourth-order valence-electron chi connectivity index (χ4n) is 3.26. The van der Waals surface area contributed by atoms with Crippen molar-refractivity contribution < 1.29 is 4.74 Å². The van der Waals surface area contributed by atoms with Gasteiger partial charge in [0.25, 0.3) is 0 Å². The second kappa shape index (κ2) is 6.19. The number of benzene rings is 1. The Morgan fingerprint density at radius 1 is 1.26 bits per heavy atom. The summed E-state index contributed by atoms with van der Waals surface area (Å²) in [6.07, 6.45) is 9.08. The predicted molar refractivity (Wildman–Crippen MR) is 82.1 cm³/mol. The molecular formula is C16H23NOS. The van der Waals surface area contributed by atoms with Crippen molar-refractivity contribution in [3.05, 3.63) is 29.8 Å². The van der Waals surface area contributed by atoms with Crippen LogP contribution in [0.1, 0.15) is 31.2 Å². The molecule has 0 spiro atoms. The molecule has 1 aliphatic heterocycles. The van der Waals surface area contributed by atoms with Crippen molar-refractivity contribution in [3.63, 3.8) is 0 Å². The number of rotatable bonds is 4. The Labute approximate surface area is 120 Å². The van der Waals surface area contributed by atoms with Gasteiger partial charge in [0.05, 0.1) is 0 Å². The molecule has 3 rings (SSSR count). The van der Waals surface area contributed by atoms with Crippen molar-refractivity contribution in [1.29, 1.82) is 0 Å². The third-order valence-corrected chi connectivity index (χ3v) is 5.50. The Bertz CT molecular complexity index is 398. The van der Waals surface area contributed by atoms with Crippen LogP contribution in [-0.4, -0.2) is 30.2 Å². The van der Waals surface area contributed by atoms with Crippen molar-refractivity contribution in [2.45, 2.75) is 49.5 Å². The van der Waals surface area contributed by atoms with Gasteiger partial charge in [-0.25, -0.2) is 0 Å². The number of hydrogen-bond donors (Lipinski definition) is 1. The van der Waals surface area contributed by atoms with E-state index in [-0.39, 0.29) is 0 Å². The van der Waals surface area contributed by atoms with E-state index < -0.39 is 0 Å². The molecule has 1 heterocycles. The molecule has 2 aliphatic rings. The van der Waals surface area contributed by atoms with Gasteiger partial charge in [-0.05, 0) is 30.7 Å². The summed E-state index contributed by atoms with van der Waals surface area (Å²) in [5.74, 6) is 1.08. The van der Waals surface area contributed by atoms with Crippen LogP contribution >= 0.6 is 11.8 Å². The minimum atomic E-state index is 0.321. The van der Waals surface area contributed by atoms with E-state index in [0.717, 1.165) is 24.0 Å². The zero-order chi connectivity index (χ0) is 13.1. The van der Waals surface area contributed by atoms with Gasteiger partial charge < -0.3 is 10.1 Å². The summed E-state index contributed by atoms with van der Waals surface area (Å²) in [5, 5.41) is 4.54. The minimum Gasteiger partial charge on any atom is -0.488 e. The summed E-state index contributed by atoms with van der Waals surface area (Å²) in [4.78, 5) is 0. The molecule has 0 saturated heterocycles. The molecule has 0 amide bonds. The molecule has 104 valence electrons. The number of para-hydroxylation sites is 1. The topological polar surface area (TPSA) is 21.3 Å². The molecule has 1 aliphatic carbocycles. The van der Waals surface area contributed by atoms with E-state index in [4.69, 9.17) is 4.74 Å². The van der Waals surface area contributed by atoms with Gasteiger partial charge in [-0.2, -0.15) is 11.8 Å². The molecule has 3 unspecified atom stereocenters. The second-order valence-electron chi connectivity index (χ2n) is 5.63. The highest BCUT2D eigenvalue weighted by Gasteiger charge is 2.27. The predicted octanol–water partition coefficient (Wildman–Crippen LogP) is 3.25. The Hall–Kier alpha value is -0.670. The lowest BCUT2D eigenvalue weighted by Gasteiger charge is -2.31. The zero-order valence-corrected chi connectivity index (χ0v) is 12.4. The van der Waals surface area contributed by atoms with Crippen LogP contribution in [0.15, 0.2) is 24.3 Å². The summed E-state index contributed by atoms with van der Waals surface area (Å²) >= 11 is 2.02. The van der Waals surface area contributed by atoms with Gasteiger partial charge in [0, 0.05) is 24.3 Å². The molecule has 0 aromatic heterocycles. The van der Waals surface area contributed by atoms with Crippen LogP contribution in [0.3, 0.4) is 0 Å². The van der Waals surface area contributed by atoms with E-state index in [0.29, 0.717) is 12.1 Å². The molecule has 0 bridgehead atoms. The molecule has 19 heavy (non-hydrogen) atoms. The molecule has 1 aromatic rings. The normalized spacial score (nSPS) is 29.8. The maximum atomic E-state index is 6.00. The Balaban J connectivity index is 1.51. The first-order valence-electron chi connectivity index (χ1n) is 7.37.